The summed E-state index contributed by atoms with van der Waals surface area (Å²) in [6.45, 7) is 1.86. The minimum atomic E-state index is -1.14. The van der Waals surface area contributed by atoms with E-state index in [1.807, 2.05) is 6.92 Å². The molecule has 70 valence electrons. The third kappa shape index (κ3) is 8.28. The zero-order chi connectivity index (χ0) is 9.56. The molecule has 0 saturated carbocycles. The smallest absolute Gasteiger partial charge is 0.550 e. The molecule has 5 heteroatoms. The second-order valence-electron chi connectivity index (χ2n) is 2.74. The van der Waals surface area contributed by atoms with E-state index in [2.05, 4.69) is 0 Å². The molecule has 0 aromatic rings. The largest absolute Gasteiger partial charge is 1.00 e. The van der Waals surface area contributed by atoms with Gasteiger partial charge in [0.1, 0.15) is 0 Å². The second kappa shape index (κ2) is 8.53. The van der Waals surface area contributed by atoms with E-state index in [1.54, 1.807) is 0 Å². The van der Waals surface area contributed by atoms with Gasteiger partial charge in [0.15, 0.2) is 0 Å². The number of hydrogen-bond acceptors (Lipinski definition) is 3. The van der Waals surface area contributed by atoms with Crippen LogP contribution in [0.4, 0.5) is 0 Å². The van der Waals surface area contributed by atoms with E-state index in [0.29, 0.717) is 6.42 Å². The van der Waals surface area contributed by atoms with Crippen molar-refractivity contribution >= 4 is 11.9 Å². The summed E-state index contributed by atoms with van der Waals surface area (Å²) in [4.78, 5) is 20.5. The van der Waals surface area contributed by atoms with E-state index < -0.39 is 17.9 Å². The summed E-state index contributed by atoms with van der Waals surface area (Å²) >= 11 is 0. The van der Waals surface area contributed by atoms with Gasteiger partial charge in [-0.05, 0) is 18.8 Å². The molecule has 0 amide bonds. The monoisotopic (exact) mass is 196 g/mol. The summed E-state index contributed by atoms with van der Waals surface area (Å²) in [6.07, 6.45) is 1.30. The SMILES string of the molecule is CCCC(CCC(=O)O)C(=O)[O-].[Na+]. The van der Waals surface area contributed by atoms with Crippen molar-refractivity contribution in [2.45, 2.75) is 32.6 Å². The van der Waals surface area contributed by atoms with Crippen molar-refractivity contribution in [3.05, 3.63) is 0 Å². The van der Waals surface area contributed by atoms with Gasteiger partial charge in [0.2, 0.25) is 0 Å². The number of carbonyl (C=O) groups is 2. The van der Waals surface area contributed by atoms with Crippen LogP contribution < -0.4 is 34.7 Å². The van der Waals surface area contributed by atoms with Crippen molar-refractivity contribution in [3.63, 3.8) is 0 Å². The van der Waals surface area contributed by atoms with E-state index >= 15 is 0 Å². The van der Waals surface area contributed by atoms with Crippen LogP contribution in [0.1, 0.15) is 32.6 Å². The Balaban J connectivity index is 0. The average molecular weight is 196 g/mol. The second-order valence-corrected chi connectivity index (χ2v) is 2.74. The van der Waals surface area contributed by atoms with Gasteiger partial charge < -0.3 is 15.0 Å². The Kier molecular flexibility index (Phi) is 10.1. The van der Waals surface area contributed by atoms with E-state index in [0.717, 1.165) is 6.42 Å². The number of hydrogen-bond donors (Lipinski definition) is 1. The number of aliphatic carboxylic acids is 2. The Hall–Kier alpha value is -0.0600. The van der Waals surface area contributed by atoms with Gasteiger partial charge in [0.05, 0.1) is 0 Å². The molecule has 1 atom stereocenters. The van der Waals surface area contributed by atoms with Gasteiger partial charge in [-0.2, -0.15) is 0 Å². The fourth-order valence-electron chi connectivity index (χ4n) is 1.03. The maximum Gasteiger partial charge on any atom is 1.00 e. The molecule has 0 aliphatic heterocycles. The van der Waals surface area contributed by atoms with Crippen LogP contribution in [-0.4, -0.2) is 17.0 Å². The normalized spacial score (nSPS) is 11.5. The summed E-state index contributed by atoms with van der Waals surface area (Å²) in [7, 11) is 0. The van der Waals surface area contributed by atoms with Crippen molar-refractivity contribution in [1.82, 2.24) is 0 Å². The Morgan fingerprint density at radius 3 is 2.23 bits per heavy atom. The van der Waals surface area contributed by atoms with Crippen LogP contribution in [0.2, 0.25) is 0 Å². The standard InChI is InChI=1S/C8H14O4.Na/c1-2-3-6(8(11)12)4-5-7(9)10;/h6H,2-5H2,1H3,(H,9,10)(H,11,12);/q;+1/p-1. The zero-order valence-corrected chi connectivity index (χ0v) is 10.1. The van der Waals surface area contributed by atoms with E-state index in [9.17, 15) is 14.7 Å². The number of carboxylic acids is 2. The Bertz CT molecular complexity index is 170. The molecule has 0 fully saturated rings. The molecule has 0 rings (SSSR count). The van der Waals surface area contributed by atoms with Gasteiger partial charge in [-0.3, -0.25) is 4.79 Å². The molecule has 1 unspecified atom stereocenters. The summed E-state index contributed by atoms with van der Waals surface area (Å²) in [5.41, 5.74) is 0. The molecular formula is C8H13NaO4. The van der Waals surface area contributed by atoms with Crippen molar-refractivity contribution < 1.29 is 49.4 Å². The molecule has 4 nitrogen and oxygen atoms in total. The predicted octanol–water partition coefficient (Wildman–Crippen LogP) is -2.98. The molecule has 0 heterocycles. The fourth-order valence-corrected chi connectivity index (χ4v) is 1.03. The molecule has 0 aliphatic carbocycles. The molecule has 0 bridgehead atoms. The summed E-state index contributed by atoms with van der Waals surface area (Å²) in [5, 5.41) is 18.7. The van der Waals surface area contributed by atoms with Crippen LogP contribution in [0, 0.1) is 5.92 Å². The maximum absolute atomic E-state index is 10.4. The first-order valence-electron chi connectivity index (χ1n) is 4.00. The predicted molar refractivity (Wildman–Crippen MR) is 40.3 cm³/mol. The molecular weight excluding hydrogens is 183 g/mol. The van der Waals surface area contributed by atoms with Gasteiger partial charge in [-0.1, -0.05) is 13.3 Å². The van der Waals surface area contributed by atoms with Crippen molar-refractivity contribution in [1.29, 1.82) is 0 Å². The van der Waals surface area contributed by atoms with Crippen LogP contribution in [-0.2, 0) is 9.59 Å². The van der Waals surface area contributed by atoms with Crippen LogP contribution in [0.5, 0.6) is 0 Å². The Labute approximate surface area is 99.6 Å². The molecule has 0 aliphatic rings. The first-order chi connectivity index (χ1) is 5.57. The number of carbonyl (C=O) groups excluding carboxylic acids is 1. The molecule has 0 radical (unpaired) electrons. The minimum absolute atomic E-state index is 0. The van der Waals surface area contributed by atoms with Crippen molar-refractivity contribution in [2.75, 3.05) is 0 Å². The summed E-state index contributed by atoms with van der Waals surface area (Å²) in [5.74, 6) is -2.71. The third-order valence-electron chi connectivity index (χ3n) is 1.68. The van der Waals surface area contributed by atoms with Gasteiger partial charge in [0, 0.05) is 12.4 Å². The first-order valence-corrected chi connectivity index (χ1v) is 4.00. The van der Waals surface area contributed by atoms with Crippen LogP contribution in [0.3, 0.4) is 0 Å². The molecule has 0 aromatic carbocycles. The average Bonchev–Trinajstić information content (AvgIpc) is 1.96. The van der Waals surface area contributed by atoms with Gasteiger partial charge in [-0.25, -0.2) is 0 Å². The van der Waals surface area contributed by atoms with Crippen molar-refractivity contribution in [3.8, 4) is 0 Å². The molecule has 13 heavy (non-hydrogen) atoms. The third-order valence-corrected chi connectivity index (χ3v) is 1.68. The van der Waals surface area contributed by atoms with Crippen LogP contribution >= 0.6 is 0 Å². The van der Waals surface area contributed by atoms with Gasteiger partial charge >= 0.3 is 35.5 Å². The molecule has 0 spiro atoms. The molecule has 0 saturated heterocycles. The van der Waals surface area contributed by atoms with E-state index in [-0.39, 0.29) is 42.4 Å². The molecule has 1 N–H and O–H groups in total. The van der Waals surface area contributed by atoms with E-state index in [4.69, 9.17) is 5.11 Å². The number of rotatable bonds is 6. The first kappa shape index (κ1) is 15.4. The summed E-state index contributed by atoms with van der Waals surface area (Å²) in [6, 6.07) is 0. The van der Waals surface area contributed by atoms with E-state index in [1.165, 1.54) is 0 Å². The van der Waals surface area contributed by atoms with Crippen LogP contribution in [0.15, 0.2) is 0 Å². The Morgan fingerprint density at radius 2 is 1.92 bits per heavy atom. The summed E-state index contributed by atoms with van der Waals surface area (Å²) < 4.78 is 0. The minimum Gasteiger partial charge on any atom is -0.550 e. The maximum atomic E-state index is 10.4. The topological polar surface area (TPSA) is 77.4 Å². The van der Waals surface area contributed by atoms with Gasteiger partial charge in [-0.15, -0.1) is 0 Å². The Morgan fingerprint density at radius 1 is 1.38 bits per heavy atom. The zero-order valence-electron chi connectivity index (χ0n) is 8.08. The molecule has 0 aromatic heterocycles. The number of carboxylic acid groups (broad SMARTS) is 2. The fraction of sp³-hybridized carbons (Fsp3) is 0.750. The van der Waals surface area contributed by atoms with Gasteiger partial charge in [0.25, 0.3) is 0 Å². The van der Waals surface area contributed by atoms with Crippen LogP contribution in [0.25, 0.3) is 0 Å². The quantitative estimate of drug-likeness (QED) is 0.460. The van der Waals surface area contributed by atoms with Crippen molar-refractivity contribution in [2.24, 2.45) is 5.92 Å².